The summed E-state index contributed by atoms with van der Waals surface area (Å²) in [6.07, 6.45) is 3.87. The lowest BCUT2D eigenvalue weighted by atomic mass is 10.1. The predicted molar refractivity (Wildman–Crippen MR) is 133 cm³/mol. The Labute approximate surface area is 202 Å². The summed E-state index contributed by atoms with van der Waals surface area (Å²) in [5.74, 6) is -0.0887. The molecule has 0 saturated heterocycles. The van der Waals surface area contributed by atoms with Gasteiger partial charge in [0.05, 0.1) is 11.4 Å². The molecule has 0 bridgehead atoms. The number of aromatic nitrogens is 3. The molecule has 0 saturated carbocycles. The van der Waals surface area contributed by atoms with E-state index < -0.39 is 5.82 Å². The molecule has 0 aliphatic heterocycles. The van der Waals surface area contributed by atoms with Crippen LogP contribution in [0.4, 0.5) is 21.6 Å². The number of anilines is 3. The molecular weight excluding hydrogens is 463 g/mol. The summed E-state index contributed by atoms with van der Waals surface area (Å²) in [6, 6.07) is 9.53. The number of nitrogens with one attached hydrogen (secondary N) is 2. The fourth-order valence-corrected chi connectivity index (χ4v) is 3.81. The van der Waals surface area contributed by atoms with E-state index in [1.54, 1.807) is 24.4 Å². The summed E-state index contributed by atoms with van der Waals surface area (Å²) < 4.78 is 14.3. The molecule has 33 heavy (non-hydrogen) atoms. The molecule has 2 N–H and O–H groups in total. The van der Waals surface area contributed by atoms with Gasteiger partial charge in [0.2, 0.25) is 5.91 Å². The van der Waals surface area contributed by atoms with Crippen LogP contribution >= 0.6 is 23.4 Å². The molecule has 3 aromatic rings. The van der Waals surface area contributed by atoms with Gasteiger partial charge in [0.1, 0.15) is 16.7 Å². The number of carbonyl (C=O) groups excluding carboxylic acids is 1. The Hall–Kier alpha value is -2.75. The number of nitrogens with zero attached hydrogens (tertiary/aromatic N) is 4. The van der Waals surface area contributed by atoms with Gasteiger partial charge >= 0.3 is 0 Å². The molecule has 1 amide bonds. The highest BCUT2D eigenvalue weighted by Crippen LogP contribution is 2.31. The number of rotatable bonds is 10. The quantitative estimate of drug-likeness (QED) is 0.366. The molecule has 2 aromatic heterocycles. The van der Waals surface area contributed by atoms with Crippen LogP contribution in [0.3, 0.4) is 0 Å². The molecule has 174 valence electrons. The van der Waals surface area contributed by atoms with Crippen LogP contribution in [-0.2, 0) is 4.79 Å². The first-order valence-corrected chi connectivity index (χ1v) is 12.2. The van der Waals surface area contributed by atoms with Gasteiger partial charge in [0.25, 0.3) is 0 Å². The van der Waals surface area contributed by atoms with E-state index in [9.17, 15) is 9.18 Å². The summed E-state index contributed by atoms with van der Waals surface area (Å²) in [5.41, 5.74) is 1.97. The smallest absolute Gasteiger partial charge is 0.226 e. The number of benzene rings is 1. The number of hydrogen-bond acceptors (Lipinski definition) is 7. The summed E-state index contributed by atoms with van der Waals surface area (Å²) in [5, 5.41) is 15.5. The minimum atomic E-state index is -0.435. The van der Waals surface area contributed by atoms with E-state index in [1.165, 1.54) is 30.0 Å². The standard InChI is InChI=1S/C23H26ClFN6OS/c1-4-31(5-2)11-9-22(32)28-21-13-16(8-10-26-21)27-20-14-19(29-30-23(20)33-3)17-12-15(24)6-7-18(17)25/h6-8,10,12-14H,4-5,9,11H2,1-3H3,(H2,26,27,28,29,32). The lowest BCUT2D eigenvalue weighted by Gasteiger charge is -2.17. The number of thioether (sulfide) groups is 1. The third-order valence-corrected chi connectivity index (χ3v) is 5.94. The van der Waals surface area contributed by atoms with Crippen molar-refractivity contribution in [2.24, 2.45) is 0 Å². The largest absolute Gasteiger partial charge is 0.353 e. The molecule has 0 atom stereocenters. The van der Waals surface area contributed by atoms with E-state index in [0.29, 0.717) is 45.9 Å². The van der Waals surface area contributed by atoms with Crippen LogP contribution in [0.15, 0.2) is 47.6 Å². The van der Waals surface area contributed by atoms with Gasteiger partial charge in [-0.1, -0.05) is 25.4 Å². The second-order valence-corrected chi connectivity index (χ2v) is 8.39. The van der Waals surface area contributed by atoms with E-state index in [-0.39, 0.29) is 11.5 Å². The third-order valence-electron chi connectivity index (χ3n) is 5.01. The van der Waals surface area contributed by atoms with Crippen molar-refractivity contribution in [1.82, 2.24) is 20.1 Å². The predicted octanol–water partition coefficient (Wildman–Crippen LogP) is 5.47. The van der Waals surface area contributed by atoms with Gasteiger partial charge in [-0.2, -0.15) is 0 Å². The highest BCUT2D eigenvalue weighted by Gasteiger charge is 2.13. The van der Waals surface area contributed by atoms with Crippen LogP contribution in [0.5, 0.6) is 0 Å². The van der Waals surface area contributed by atoms with Gasteiger partial charge in [-0.15, -0.1) is 22.0 Å². The molecular formula is C23H26ClFN6OS. The van der Waals surface area contributed by atoms with Gasteiger partial charge in [0, 0.05) is 41.5 Å². The average Bonchev–Trinajstić information content (AvgIpc) is 2.81. The second-order valence-electron chi connectivity index (χ2n) is 7.16. The lowest BCUT2D eigenvalue weighted by molar-refractivity contribution is -0.116. The summed E-state index contributed by atoms with van der Waals surface area (Å²) >= 11 is 7.44. The van der Waals surface area contributed by atoms with E-state index in [2.05, 4.69) is 44.6 Å². The summed E-state index contributed by atoms with van der Waals surface area (Å²) in [7, 11) is 0. The van der Waals surface area contributed by atoms with E-state index in [4.69, 9.17) is 11.6 Å². The normalized spacial score (nSPS) is 11.0. The van der Waals surface area contributed by atoms with Crippen LogP contribution in [0.25, 0.3) is 11.3 Å². The molecule has 0 aliphatic carbocycles. The van der Waals surface area contributed by atoms with E-state index in [0.717, 1.165) is 13.1 Å². The zero-order valence-electron chi connectivity index (χ0n) is 18.7. The molecule has 0 unspecified atom stereocenters. The fraction of sp³-hybridized carbons (Fsp3) is 0.304. The van der Waals surface area contributed by atoms with Crippen LogP contribution in [-0.4, -0.2) is 51.9 Å². The Bertz CT molecular complexity index is 1110. The minimum absolute atomic E-state index is 0.0966. The van der Waals surface area contributed by atoms with Crippen molar-refractivity contribution in [2.75, 3.05) is 36.5 Å². The molecule has 0 spiro atoms. The van der Waals surface area contributed by atoms with Crippen molar-refractivity contribution < 1.29 is 9.18 Å². The first kappa shape index (κ1) is 24.9. The van der Waals surface area contributed by atoms with Crippen LogP contribution < -0.4 is 10.6 Å². The fourth-order valence-electron chi connectivity index (χ4n) is 3.18. The number of hydrogen-bond donors (Lipinski definition) is 2. The second kappa shape index (κ2) is 11.9. The topological polar surface area (TPSA) is 83.0 Å². The first-order valence-electron chi connectivity index (χ1n) is 10.6. The number of pyridine rings is 1. The third kappa shape index (κ3) is 6.86. The van der Waals surface area contributed by atoms with Gasteiger partial charge in [-0.05, 0) is 49.7 Å². The summed E-state index contributed by atoms with van der Waals surface area (Å²) in [4.78, 5) is 18.7. The Morgan fingerprint density at radius 1 is 1.15 bits per heavy atom. The van der Waals surface area contributed by atoms with Crippen LogP contribution in [0.1, 0.15) is 20.3 Å². The average molecular weight is 489 g/mol. The molecule has 0 fully saturated rings. The Morgan fingerprint density at radius 2 is 1.94 bits per heavy atom. The highest BCUT2D eigenvalue weighted by atomic mass is 35.5. The highest BCUT2D eigenvalue weighted by molar-refractivity contribution is 7.98. The lowest BCUT2D eigenvalue weighted by Crippen LogP contribution is -2.27. The molecule has 7 nitrogen and oxygen atoms in total. The van der Waals surface area contributed by atoms with Gasteiger partial charge in [0.15, 0.2) is 0 Å². The van der Waals surface area contributed by atoms with Crippen LogP contribution in [0, 0.1) is 5.82 Å². The molecule has 0 aliphatic rings. The molecule has 0 radical (unpaired) electrons. The van der Waals surface area contributed by atoms with E-state index >= 15 is 0 Å². The van der Waals surface area contributed by atoms with E-state index in [1.807, 2.05) is 6.26 Å². The van der Waals surface area contributed by atoms with Crippen molar-refractivity contribution in [3.63, 3.8) is 0 Å². The Balaban J connectivity index is 1.78. The van der Waals surface area contributed by atoms with Gasteiger partial charge < -0.3 is 15.5 Å². The zero-order valence-corrected chi connectivity index (χ0v) is 20.3. The number of amides is 1. The minimum Gasteiger partial charge on any atom is -0.353 e. The summed E-state index contributed by atoms with van der Waals surface area (Å²) in [6.45, 7) is 6.64. The zero-order chi connectivity index (χ0) is 23.8. The van der Waals surface area contributed by atoms with Gasteiger partial charge in [-0.25, -0.2) is 9.37 Å². The Kier molecular flexibility index (Phi) is 8.99. The number of carbonyl (C=O) groups is 1. The van der Waals surface area contributed by atoms with Crippen LogP contribution in [0.2, 0.25) is 5.02 Å². The van der Waals surface area contributed by atoms with Crippen molar-refractivity contribution in [1.29, 1.82) is 0 Å². The maximum atomic E-state index is 14.3. The molecule has 3 rings (SSSR count). The SMILES string of the molecule is CCN(CC)CCC(=O)Nc1cc(Nc2cc(-c3cc(Cl)ccc3F)nnc2SC)ccn1. The maximum Gasteiger partial charge on any atom is 0.226 e. The molecule has 1 aromatic carbocycles. The van der Waals surface area contributed by atoms with Crippen molar-refractivity contribution in [2.45, 2.75) is 25.3 Å². The van der Waals surface area contributed by atoms with Crippen molar-refractivity contribution in [3.05, 3.63) is 53.4 Å². The monoisotopic (exact) mass is 488 g/mol. The van der Waals surface area contributed by atoms with Crippen molar-refractivity contribution >= 4 is 46.5 Å². The maximum absolute atomic E-state index is 14.3. The first-order chi connectivity index (χ1) is 15.9. The Morgan fingerprint density at radius 3 is 2.67 bits per heavy atom. The van der Waals surface area contributed by atoms with Gasteiger partial charge in [-0.3, -0.25) is 4.79 Å². The van der Waals surface area contributed by atoms with Crippen molar-refractivity contribution in [3.8, 4) is 11.3 Å². The molecule has 2 heterocycles. The molecule has 10 heteroatoms. The number of halogens is 2.